The third-order valence-electron chi connectivity index (χ3n) is 5.31. The summed E-state index contributed by atoms with van der Waals surface area (Å²) >= 11 is 0. The van der Waals surface area contributed by atoms with Crippen LogP contribution in [0.2, 0.25) is 0 Å². The molecule has 2 heterocycles. The van der Waals surface area contributed by atoms with Crippen molar-refractivity contribution >= 4 is 0 Å². The van der Waals surface area contributed by atoms with E-state index in [1.165, 1.54) is 22.3 Å². The van der Waals surface area contributed by atoms with Crippen molar-refractivity contribution in [3.05, 3.63) is 127 Å². The van der Waals surface area contributed by atoms with Crippen molar-refractivity contribution in [1.82, 2.24) is 0 Å². The number of pyridine rings is 1. The van der Waals surface area contributed by atoms with E-state index in [0.717, 1.165) is 17.1 Å². The van der Waals surface area contributed by atoms with Gasteiger partial charge < -0.3 is 28.4 Å². The quantitative estimate of drug-likeness (QED) is 0.258. The van der Waals surface area contributed by atoms with Crippen LogP contribution in [-0.4, -0.2) is 0 Å². The summed E-state index contributed by atoms with van der Waals surface area (Å²) in [4.78, 5) is 0. The maximum atomic E-state index is 5.71. The Morgan fingerprint density at radius 2 is 1.00 bits per heavy atom. The fourth-order valence-corrected chi connectivity index (χ4v) is 3.84. The normalized spacial score (nSPS) is 10.5. The first-order valence-corrected chi connectivity index (χ1v) is 10.1. The molecule has 5 aromatic rings. The Hall–Kier alpha value is -3.18. The molecule has 0 N–H and O–H groups in total. The maximum Gasteiger partial charge on any atom is 0.214 e. The van der Waals surface area contributed by atoms with Crippen LogP contribution in [0.3, 0.4) is 0 Å². The molecule has 0 amide bonds. The lowest BCUT2D eigenvalue weighted by molar-refractivity contribution is -0.668. The Bertz CT molecular complexity index is 1170. The Morgan fingerprint density at radius 3 is 1.45 bits per heavy atom. The average Bonchev–Trinajstić information content (AvgIpc) is 3.34. The van der Waals surface area contributed by atoms with Crippen LogP contribution in [0, 0.1) is 0 Å². The van der Waals surface area contributed by atoms with Crippen LogP contribution in [0.15, 0.2) is 126 Å². The standard InChI is InChI=1S/C28H22NO.HI/c1-4-11-22(12-5-1)25-19-27(23-13-6-2-7-14-23)29(21-26-17-10-18-30-26)28(20-25)24-15-8-3-9-16-24;/h1-20H,21H2;1H/q+1;/p-1. The first kappa shape index (κ1) is 21.1. The van der Waals surface area contributed by atoms with E-state index >= 15 is 0 Å². The monoisotopic (exact) mass is 515 g/mol. The Kier molecular flexibility index (Phi) is 6.63. The van der Waals surface area contributed by atoms with Crippen LogP contribution in [0.25, 0.3) is 33.6 Å². The van der Waals surface area contributed by atoms with E-state index in [2.05, 4.69) is 108 Å². The molecule has 0 aliphatic heterocycles. The van der Waals surface area contributed by atoms with Gasteiger partial charge in [0.1, 0.15) is 0 Å². The number of hydrogen-bond acceptors (Lipinski definition) is 1. The fourth-order valence-electron chi connectivity index (χ4n) is 3.84. The molecule has 0 radical (unpaired) electrons. The second-order valence-corrected chi connectivity index (χ2v) is 7.28. The predicted molar refractivity (Wildman–Crippen MR) is 121 cm³/mol. The molecule has 0 bridgehead atoms. The summed E-state index contributed by atoms with van der Waals surface area (Å²) in [6.45, 7) is 0.663. The highest BCUT2D eigenvalue weighted by atomic mass is 127. The Labute approximate surface area is 199 Å². The minimum absolute atomic E-state index is 0. The molecule has 2 nitrogen and oxygen atoms in total. The molecule has 0 saturated heterocycles. The van der Waals surface area contributed by atoms with Crippen LogP contribution in [0.5, 0.6) is 0 Å². The molecule has 2 aromatic heterocycles. The average molecular weight is 515 g/mol. The summed E-state index contributed by atoms with van der Waals surface area (Å²) in [7, 11) is 0. The van der Waals surface area contributed by atoms with Gasteiger partial charge in [0.25, 0.3) is 0 Å². The molecule has 0 fully saturated rings. The van der Waals surface area contributed by atoms with Gasteiger partial charge in [0.05, 0.1) is 6.26 Å². The van der Waals surface area contributed by atoms with Gasteiger partial charge in [-0.3, -0.25) is 0 Å². The first-order chi connectivity index (χ1) is 14.9. The van der Waals surface area contributed by atoms with E-state index in [9.17, 15) is 0 Å². The lowest BCUT2D eigenvalue weighted by Crippen LogP contribution is -3.00. The summed E-state index contributed by atoms with van der Waals surface area (Å²) < 4.78 is 8.06. The van der Waals surface area contributed by atoms with Crippen molar-refractivity contribution in [1.29, 1.82) is 0 Å². The van der Waals surface area contributed by atoms with Crippen molar-refractivity contribution in [2.45, 2.75) is 6.54 Å². The summed E-state index contributed by atoms with van der Waals surface area (Å²) in [5.41, 5.74) is 7.08. The zero-order valence-corrected chi connectivity index (χ0v) is 19.1. The largest absolute Gasteiger partial charge is 1.00 e. The van der Waals surface area contributed by atoms with Crippen LogP contribution in [0.4, 0.5) is 0 Å². The minimum Gasteiger partial charge on any atom is -1.00 e. The van der Waals surface area contributed by atoms with Crippen LogP contribution < -0.4 is 28.5 Å². The second-order valence-electron chi connectivity index (χ2n) is 7.28. The number of rotatable bonds is 5. The Balaban J connectivity index is 0.00000231. The lowest BCUT2D eigenvalue weighted by atomic mass is 9.99. The molecule has 3 heteroatoms. The molecular formula is C28H22INO. The number of furan rings is 1. The molecule has 3 aromatic carbocycles. The van der Waals surface area contributed by atoms with Crippen molar-refractivity contribution in [3.8, 4) is 33.6 Å². The smallest absolute Gasteiger partial charge is 0.214 e. The highest BCUT2D eigenvalue weighted by Crippen LogP contribution is 2.29. The second kappa shape index (κ2) is 9.75. The summed E-state index contributed by atoms with van der Waals surface area (Å²) in [5, 5.41) is 0. The van der Waals surface area contributed by atoms with Crippen molar-refractivity contribution < 1.29 is 33.0 Å². The van der Waals surface area contributed by atoms with Gasteiger partial charge in [-0.05, 0) is 47.5 Å². The molecule has 0 atom stereocenters. The van der Waals surface area contributed by atoms with Crippen molar-refractivity contribution in [2.24, 2.45) is 0 Å². The Morgan fingerprint density at radius 1 is 0.516 bits per heavy atom. The molecule has 0 aliphatic carbocycles. The predicted octanol–water partition coefficient (Wildman–Crippen LogP) is 3.62. The highest BCUT2D eigenvalue weighted by Gasteiger charge is 2.23. The number of benzene rings is 3. The fraction of sp³-hybridized carbons (Fsp3) is 0.0357. The number of aromatic nitrogens is 1. The SMILES string of the molecule is [I-].c1ccc(-c2cc(-c3ccccc3)[n+](Cc3ccco3)c(-c3ccccc3)c2)cc1. The van der Waals surface area contributed by atoms with Crippen molar-refractivity contribution in [2.75, 3.05) is 0 Å². The topological polar surface area (TPSA) is 17.0 Å². The van der Waals surface area contributed by atoms with Crippen LogP contribution in [0.1, 0.15) is 5.76 Å². The molecule has 0 spiro atoms. The number of hydrogen-bond donors (Lipinski definition) is 0. The number of halogens is 1. The van der Waals surface area contributed by atoms with Crippen molar-refractivity contribution in [3.63, 3.8) is 0 Å². The van der Waals surface area contributed by atoms with E-state index < -0.39 is 0 Å². The molecule has 31 heavy (non-hydrogen) atoms. The van der Waals surface area contributed by atoms with Crippen LogP contribution >= 0.6 is 0 Å². The van der Waals surface area contributed by atoms with Gasteiger partial charge in [-0.15, -0.1) is 0 Å². The highest BCUT2D eigenvalue weighted by molar-refractivity contribution is 5.73. The van der Waals surface area contributed by atoms with Gasteiger partial charge >= 0.3 is 0 Å². The minimum atomic E-state index is 0. The van der Waals surface area contributed by atoms with Gasteiger partial charge in [-0.2, -0.15) is 4.57 Å². The molecule has 0 aliphatic rings. The molecule has 152 valence electrons. The van der Waals surface area contributed by atoms with Gasteiger partial charge in [0.2, 0.25) is 17.9 Å². The van der Waals surface area contributed by atoms with Gasteiger partial charge in [-0.25, -0.2) is 0 Å². The number of nitrogens with zero attached hydrogens (tertiary/aromatic N) is 1. The van der Waals surface area contributed by atoms with E-state index in [4.69, 9.17) is 4.42 Å². The van der Waals surface area contributed by atoms with Crippen LogP contribution in [-0.2, 0) is 6.54 Å². The van der Waals surface area contributed by atoms with Gasteiger partial charge in [0, 0.05) is 23.3 Å². The third-order valence-corrected chi connectivity index (χ3v) is 5.31. The van der Waals surface area contributed by atoms with Gasteiger partial charge in [0.15, 0.2) is 5.76 Å². The third kappa shape index (κ3) is 4.62. The maximum absolute atomic E-state index is 5.71. The van der Waals surface area contributed by atoms with E-state index in [0.29, 0.717) is 6.54 Å². The first-order valence-electron chi connectivity index (χ1n) is 10.1. The molecular weight excluding hydrogens is 493 g/mol. The lowest BCUT2D eigenvalue weighted by Gasteiger charge is -2.12. The molecule has 0 unspecified atom stereocenters. The van der Waals surface area contributed by atoms with E-state index in [-0.39, 0.29) is 24.0 Å². The zero-order chi connectivity index (χ0) is 20.2. The van der Waals surface area contributed by atoms with Gasteiger partial charge in [-0.1, -0.05) is 66.7 Å². The van der Waals surface area contributed by atoms with E-state index in [1.54, 1.807) is 6.26 Å². The molecule has 5 rings (SSSR count). The summed E-state index contributed by atoms with van der Waals surface area (Å²) in [5.74, 6) is 0.932. The summed E-state index contributed by atoms with van der Waals surface area (Å²) in [6.07, 6.45) is 1.73. The van der Waals surface area contributed by atoms with E-state index in [1.807, 2.05) is 12.1 Å². The molecule has 0 saturated carbocycles. The zero-order valence-electron chi connectivity index (χ0n) is 17.0. The summed E-state index contributed by atoms with van der Waals surface area (Å²) in [6, 6.07) is 40.2.